The van der Waals surface area contributed by atoms with Crippen molar-refractivity contribution in [2.45, 2.75) is 18.8 Å². The number of alkyl halides is 5. The van der Waals surface area contributed by atoms with Crippen LogP contribution < -0.4 is 10.1 Å². The monoisotopic (exact) mass is 470 g/mol. The van der Waals surface area contributed by atoms with Crippen LogP contribution in [-0.4, -0.2) is 33.3 Å². The molecule has 4 rings (SSSR count). The minimum Gasteiger partial charge on any atom is -0.435 e. The number of ether oxygens (including phenoxy) is 1. The van der Waals surface area contributed by atoms with Crippen molar-refractivity contribution in [1.82, 2.24) is 14.8 Å². The normalized spacial score (nSPS) is 16.0. The van der Waals surface area contributed by atoms with E-state index < -0.39 is 35.9 Å². The number of anilines is 1. The van der Waals surface area contributed by atoms with E-state index in [4.69, 9.17) is 11.6 Å². The highest BCUT2D eigenvalue weighted by Gasteiger charge is 2.45. The fourth-order valence-electron chi connectivity index (χ4n) is 3.32. The number of allylic oxidation sites excluding steroid dienone is 2. The highest BCUT2D eigenvalue weighted by Crippen LogP contribution is 2.42. The molecule has 12 heteroatoms. The molecule has 0 fully saturated rings. The summed E-state index contributed by atoms with van der Waals surface area (Å²) in [6, 6.07) is 8.99. The molecule has 1 aliphatic rings. The third kappa shape index (κ3) is 4.15. The van der Waals surface area contributed by atoms with E-state index in [2.05, 4.69) is 20.1 Å². The van der Waals surface area contributed by atoms with Crippen LogP contribution in [-0.2, 0) is 0 Å². The van der Waals surface area contributed by atoms with E-state index in [0.717, 1.165) is 35.3 Å². The zero-order chi connectivity index (χ0) is 23.0. The van der Waals surface area contributed by atoms with E-state index in [1.807, 2.05) is 0 Å². The Morgan fingerprint density at radius 1 is 1.09 bits per heavy atom. The fourth-order valence-corrected chi connectivity index (χ4v) is 3.45. The molecule has 6 nitrogen and oxygen atoms in total. The first-order valence-electron chi connectivity index (χ1n) is 8.98. The summed E-state index contributed by atoms with van der Waals surface area (Å²) in [6.45, 7) is -3.08. The molecule has 0 saturated carbocycles. The van der Waals surface area contributed by atoms with Crippen molar-refractivity contribution < 1.29 is 31.5 Å². The Morgan fingerprint density at radius 2 is 1.75 bits per heavy atom. The second-order valence-corrected chi connectivity index (χ2v) is 7.06. The van der Waals surface area contributed by atoms with Crippen molar-refractivity contribution in [2.24, 2.45) is 0 Å². The summed E-state index contributed by atoms with van der Waals surface area (Å²) < 4.78 is 72.0. The highest BCUT2D eigenvalue weighted by molar-refractivity contribution is 6.30. The molecule has 1 N–H and O–H groups in total. The third-order valence-corrected chi connectivity index (χ3v) is 4.90. The van der Waals surface area contributed by atoms with Gasteiger partial charge in [0.25, 0.3) is 0 Å². The molecule has 1 atom stereocenters. The van der Waals surface area contributed by atoms with Crippen LogP contribution in [0.2, 0.25) is 5.02 Å². The molecule has 32 heavy (non-hydrogen) atoms. The maximum atomic E-state index is 14.0. The lowest BCUT2D eigenvalue weighted by molar-refractivity contribution is -0.0918. The van der Waals surface area contributed by atoms with Crippen LogP contribution in [0.15, 0.2) is 66.1 Å². The van der Waals surface area contributed by atoms with Gasteiger partial charge in [-0.15, -0.1) is 0 Å². The summed E-state index contributed by atoms with van der Waals surface area (Å²) in [5.41, 5.74) is -1.78. The minimum atomic E-state index is -4.93. The van der Waals surface area contributed by atoms with Gasteiger partial charge >= 0.3 is 12.8 Å². The summed E-state index contributed by atoms with van der Waals surface area (Å²) in [5.74, 6) is -1.42. The Morgan fingerprint density at radius 3 is 2.34 bits per heavy atom. The molecule has 166 valence electrons. The van der Waals surface area contributed by atoms with Gasteiger partial charge < -0.3 is 10.1 Å². The summed E-state index contributed by atoms with van der Waals surface area (Å²) >= 11 is 5.91. The smallest absolute Gasteiger partial charge is 0.431 e. The zero-order valence-corrected chi connectivity index (χ0v) is 16.5. The molecule has 0 bridgehead atoms. The zero-order valence-electron chi connectivity index (χ0n) is 15.8. The quantitative estimate of drug-likeness (QED) is 0.407. The maximum Gasteiger partial charge on any atom is 0.431 e. The van der Waals surface area contributed by atoms with Crippen LogP contribution in [0.4, 0.5) is 27.9 Å². The molecule has 2 aromatic carbocycles. The van der Waals surface area contributed by atoms with Gasteiger partial charge in [-0.05, 0) is 42.0 Å². The van der Waals surface area contributed by atoms with Gasteiger partial charge in [0.1, 0.15) is 23.8 Å². The van der Waals surface area contributed by atoms with Crippen molar-refractivity contribution in [1.29, 1.82) is 0 Å². The van der Waals surface area contributed by atoms with Crippen molar-refractivity contribution in [3.63, 3.8) is 0 Å². The number of fused-ring (bicyclic) bond motifs is 1. The fraction of sp³-hybridized carbons (Fsp3) is 0.150. The van der Waals surface area contributed by atoms with Crippen molar-refractivity contribution in [3.05, 3.63) is 82.3 Å². The second kappa shape index (κ2) is 8.23. The average Bonchev–Trinajstić information content (AvgIpc) is 3.21. The predicted octanol–water partition coefficient (Wildman–Crippen LogP) is 5.25. The summed E-state index contributed by atoms with van der Waals surface area (Å²) in [6.07, 6.45) is -3.87. The minimum absolute atomic E-state index is 0.160. The Labute approximate surface area is 182 Å². The second-order valence-electron chi connectivity index (χ2n) is 6.63. The molecule has 0 saturated heterocycles. The first kappa shape index (κ1) is 21.8. The number of hydrogen-bond donors (Lipinski definition) is 1. The standard InChI is InChI=1S/C20H12ClF5N4O2/c21-12-5-1-10(2-6-12)15-14(16(31)11-3-7-13(8-4-11)32-18(22)23)17(20(24,25)26)29-19-27-9-28-30(15)19/h1-9,15,18H,(H,27,28,29)/t15-/m1/s1. The number of halogens is 6. The summed E-state index contributed by atoms with van der Waals surface area (Å²) in [5, 5.41) is 6.47. The Bertz CT molecular complexity index is 1170. The van der Waals surface area contributed by atoms with Crippen molar-refractivity contribution in [3.8, 4) is 5.75 Å². The molecule has 1 aromatic heterocycles. The molecule has 0 unspecified atom stereocenters. The molecule has 2 heterocycles. The van der Waals surface area contributed by atoms with Gasteiger partial charge in [0, 0.05) is 10.6 Å². The van der Waals surface area contributed by atoms with Gasteiger partial charge in [-0.1, -0.05) is 23.7 Å². The molecule has 0 spiro atoms. The SMILES string of the molecule is O=C(C1=C(C(F)(F)F)Nc2ncnn2[C@@H]1c1ccc(Cl)cc1)c1ccc(OC(F)F)cc1. The van der Waals surface area contributed by atoms with Crippen LogP contribution in [0.5, 0.6) is 5.75 Å². The Hall–Kier alpha value is -3.47. The molecule has 3 aromatic rings. The predicted molar refractivity (Wildman–Crippen MR) is 104 cm³/mol. The summed E-state index contributed by atoms with van der Waals surface area (Å²) in [7, 11) is 0. The van der Waals surface area contributed by atoms with Crippen molar-refractivity contribution >= 4 is 23.3 Å². The number of aromatic nitrogens is 3. The maximum absolute atomic E-state index is 14.0. The van der Waals surface area contributed by atoms with Crippen LogP contribution in [0, 0.1) is 0 Å². The molecule has 0 radical (unpaired) electrons. The molecular weight excluding hydrogens is 459 g/mol. The Kier molecular flexibility index (Phi) is 5.59. The topological polar surface area (TPSA) is 69.0 Å². The third-order valence-electron chi connectivity index (χ3n) is 4.65. The molecular formula is C20H12ClF5N4O2. The average molecular weight is 471 g/mol. The van der Waals surface area contributed by atoms with E-state index in [1.165, 1.54) is 24.3 Å². The number of carbonyl (C=O) groups excluding carboxylic acids is 1. The Balaban J connectivity index is 1.86. The van der Waals surface area contributed by atoms with Gasteiger partial charge in [-0.2, -0.15) is 32.0 Å². The van der Waals surface area contributed by atoms with Crippen LogP contribution in [0.1, 0.15) is 22.0 Å². The largest absolute Gasteiger partial charge is 0.435 e. The first-order valence-corrected chi connectivity index (χ1v) is 9.36. The molecule has 0 aliphatic carbocycles. The summed E-state index contributed by atoms with van der Waals surface area (Å²) in [4.78, 5) is 17.1. The van der Waals surface area contributed by atoms with Crippen LogP contribution in [0.3, 0.4) is 0 Å². The van der Waals surface area contributed by atoms with E-state index in [-0.39, 0.29) is 17.3 Å². The molecule has 1 aliphatic heterocycles. The highest BCUT2D eigenvalue weighted by atomic mass is 35.5. The number of ketones is 1. The van der Waals surface area contributed by atoms with E-state index in [1.54, 1.807) is 0 Å². The number of Topliss-reactive ketones (excluding diaryl/α,β-unsaturated/α-hetero) is 1. The number of nitrogens with one attached hydrogen (secondary N) is 1. The lowest BCUT2D eigenvalue weighted by Crippen LogP contribution is -2.35. The van der Waals surface area contributed by atoms with Gasteiger partial charge in [0.15, 0.2) is 5.78 Å². The van der Waals surface area contributed by atoms with Gasteiger partial charge in [0.2, 0.25) is 5.95 Å². The van der Waals surface area contributed by atoms with Gasteiger partial charge in [-0.3, -0.25) is 4.79 Å². The number of rotatable bonds is 5. The van der Waals surface area contributed by atoms with Crippen LogP contribution in [0.25, 0.3) is 0 Å². The van der Waals surface area contributed by atoms with Gasteiger partial charge in [-0.25, -0.2) is 4.68 Å². The van der Waals surface area contributed by atoms with E-state index in [0.29, 0.717) is 10.6 Å². The lowest BCUT2D eigenvalue weighted by Gasteiger charge is -2.30. The number of nitrogens with zero attached hydrogens (tertiary/aromatic N) is 3. The first-order chi connectivity index (χ1) is 15.1. The number of hydrogen-bond acceptors (Lipinski definition) is 5. The van der Waals surface area contributed by atoms with Gasteiger partial charge in [0.05, 0.1) is 5.57 Å². The van der Waals surface area contributed by atoms with Crippen LogP contribution >= 0.6 is 11.6 Å². The number of benzene rings is 2. The number of carbonyl (C=O) groups is 1. The van der Waals surface area contributed by atoms with E-state index in [9.17, 15) is 26.7 Å². The van der Waals surface area contributed by atoms with Crippen molar-refractivity contribution in [2.75, 3.05) is 5.32 Å². The lowest BCUT2D eigenvalue weighted by atomic mass is 9.89. The molecule has 0 amide bonds. The van der Waals surface area contributed by atoms with E-state index >= 15 is 0 Å².